The van der Waals surface area contributed by atoms with E-state index < -0.39 is 62.0 Å². The summed E-state index contributed by atoms with van der Waals surface area (Å²) in [5, 5.41) is 73.2. The van der Waals surface area contributed by atoms with Crippen molar-refractivity contribution in [3.05, 3.63) is 198 Å². The molecule has 0 atom stereocenters. The minimum absolute atomic E-state index is 0.0138. The molecule has 670 valence electrons. The van der Waals surface area contributed by atoms with Gasteiger partial charge in [-0.3, -0.25) is 54.3 Å². The van der Waals surface area contributed by atoms with E-state index in [2.05, 4.69) is 9.89 Å². The number of phenolic OH excluding ortho intramolecular Hbond substituents is 4. The number of hydrogen-bond acceptors (Lipinski definition) is 40. The molecule has 0 fully saturated rings. The van der Waals surface area contributed by atoms with Gasteiger partial charge in [-0.05, 0) is 71.0 Å². The number of phenols is 4. The molecule has 1 aromatic heterocycles. The molecule has 43 nitrogen and oxygen atoms in total. The van der Waals surface area contributed by atoms with Crippen molar-refractivity contribution in [3.8, 4) is 115 Å². The Balaban J connectivity index is 0.000000288. The molecule has 0 bridgehead atoms. The number of ketones is 5. The van der Waals surface area contributed by atoms with E-state index in [4.69, 9.17) is 115 Å². The van der Waals surface area contributed by atoms with Gasteiger partial charge in [0.05, 0.1) is 34.4 Å². The lowest BCUT2D eigenvalue weighted by Crippen LogP contribution is -2.21. The molecule has 0 aliphatic carbocycles. The number of methoxy groups -OCH3 is 8. The Morgan fingerprint density at radius 3 is 1.04 bits per heavy atom. The molecule has 0 radical (unpaired) electrons. The molecule has 1 heterocycles. The average molecular weight is 1750 g/mol. The molecule has 0 unspecified atom stereocenters. The van der Waals surface area contributed by atoms with E-state index in [0.717, 1.165) is 12.1 Å². The normalized spacial score (nSPS) is 10.3. The van der Waals surface area contributed by atoms with Gasteiger partial charge in [0.1, 0.15) is 131 Å². The molecule has 9 aromatic rings. The van der Waals surface area contributed by atoms with Crippen LogP contribution in [0.2, 0.25) is 0 Å². The number of hydrogen-bond donors (Lipinski definition) is 4. The lowest BCUT2D eigenvalue weighted by Gasteiger charge is -2.17. The largest absolute Gasteiger partial charge is 0.508 e. The van der Waals surface area contributed by atoms with Crippen LogP contribution in [0.5, 0.6) is 103 Å². The highest BCUT2D eigenvalue weighted by atomic mass is 16.7. The van der Waals surface area contributed by atoms with Crippen LogP contribution in [-0.2, 0) is 57.0 Å². The summed E-state index contributed by atoms with van der Waals surface area (Å²) in [4.78, 5) is 114. The first-order valence-electron chi connectivity index (χ1n) is 36.1. The Morgan fingerprint density at radius 2 is 0.672 bits per heavy atom. The Morgan fingerprint density at radius 1 is 0.360 bits per heavy atom. The van der Waals surface area contributed by atoms with Gasteiger partial charge in [0, 0.05) is 160 Å². The standard InChI is InChI=1S/C22H22N2O10.C22H23NO11.C18H19NO8.C12H16O6.C8H8O4/c1-4-30-22(25)17-11-20(34-23-17)21-18(32-13-29-3)9-16(31-12-28-2)10-19(21)33-15-7-5-14(6-8-15)24(26)27;1-4-31-22(26)18(25)11-17(24)21-19(33-13-30-3)9-16(32-12-29-2)10-20(21)34-15-7-5-14(6-8-15)23(27)28;1-12(20)18-16(26-11-24-3)8-15(25-10-23-2)9-17(18)27-14-6-4-13(5-7-14)19(21)22;1-8(13)12-10(14)4-9(17-6-15-2)5-11(12)18-7-16-3;1-4(9)8-6(11)2-5(10)3-7(8)12/h5-11H,4,12-13H2,1-3H3;5-10H,4,11-13H2,1-3H3;4-9H,10-11H2,1-3H3;4-5,14H,6-7H2,1-3H3;2-3,10-12H,1H3. The Kier molecular flexibility index (Phi) is 42.2. The molecular formula is C82H88N4O39. The van der Waals surface area contributed by atoms with E-state index in [1.54, 1.807) is 19.1 Å². The zero-order chi connectivity index (χ0) is 92.2. The number of nitro benzene ring substituents is 3. The molecule has 0 saturated carbocycles. The van der Waals surface area contributed by atoms with Crippen molar-refractivity contribution in [1.82, 2.24) is 5.16 Å². The third-order valence-electron chi connectivity index (χ3n) is 15.2. The first kappa shape index (κ1) is 101. The smallest absolute Gasteiger partial charge is 0.375 e. The third-order valence-corrected chi connectivity index (χ3v) is 15.2. The Bertz CT molecular complexity index is 5090. The Hall–Kier alpha value is -14.9. The van der Waals surface area contributed by atoms with Crippen LogP contribution in [0.4, 0.5) is 17.1 Å². The molecule has 0 aliphatic rings. The second-order valence-corrected chi connectivity index (χ2v) is 24.2. The van der Waals surface area contributed by atoms with E-state index in [9.17, 15) is 69.0 Å². The highest BCUT2D eigenvalue weighted by molar-refractivity contribution is 6.38. The van der Waals surface area contributed by atoms with Crippen LogP contribution < -0.4 is 52.1 Å². The fraction of sp³-hybridized carbons (Fsp3) is 0.293. The molecule has 9 rings (SSSR count). The second-order valence-electron chi connectivity index (χ2n) is 24.2. The van der Waals surface area contributed by atoms with Crippen molar-refractivity contribution < 1.29 is 173 Å². The average Bonchev–Trinajstić information content (AvgIpc) is 1.75. The number of nitrogens with zero attached hydrogens (tertiary/aromatic N) is 4. The molecule has 125 heavy (non-hydrogen) atoms. The first-order chi connectivity index (χ1) is 59.8. The van der Waals surface area contributed by atoms with Crippen molar-refractivity contribution in [2.45, 2.75) is 41.0 Å². The zero-order valence-corrected chi connectivity index (χ0v) is 69.4. The minimum atomic E-state index is -1.15. The van der Waals surface area contributed by atoms with Crippen LogP contribution in [0.25, 0.3) is 11.3 Å². The van der Waals surface area contributed by atoms with Crippen molar-refractivity contribution in [2.24, 2.45) is 0 Å². The topological polar surface area (TPSA) is 550 Å². The van der Waals surface area contributed by atoms with Gasteiger partial charge in [-0.2, -0.15) is 0 Å². The van der Waals surface area contributed by atoms with Gasteiger partial charge in [0.15, 0.2) is 88.9 Å². The van der Waals surface area contributed by atoms with Crippen LogP contribution in [0.1, 0.15) is 93.0 Å². The summed E-state index contributed by atoms with van der Waals surface area (Å²) in [6.45, 7) is 6.62. The fourth-order valence-electron chi connectivity index (χ4n) is 9.98. The number of aromatic hydroxyl groups is 4. The summed E-state index contributed by atoms with van der Waals surface area (Å²) in [6, 6.07) is 31.1. The molecule has 0 saturated heterocycles. The van der Waals surface area contributed by atoms with Gasteiger partial charge in [0.25, 0.3) is 17.1 Å². The van der Waals surface area contributed by atoms with Crippen LogP contribution in [-0.4, -0.2) is 206 Å². The monoisotopic (exact) mass is 1750 g/mol. The SMILES string of the molecule is CC(=O)c1c(O)cc(O)cc1O.CCOC(=O)C(=O)CC(=O)c1c(OCOC)cc(OCOC)cc1Oc1ccc([N+](=O)[O-])cc1.CCOC(=O)c1cc(-c2c(OCOC)cc(OCOC)cc2Oc2ccc([N+](=O)[O-])cc2)on1.COCOc1cc(O)c(C(C)=O)c(OCOC)c1.COCOc1cc(OCOC)c(C(C)=O)c(Oc2ccc([N+](=O)[O-])cc2)c1. The first-order valence-corrected chi connectivity index (χ1v) is 36.1. The van der Waals surface area contributed by atoms with E-state index in [1.807, 2.05) is 0 Å². The summed E-state index contributed by atoms with van der Waals surface area (Å²) >= 11 is 0. The number of non-ortho nitro benzene ring substituents is 3. The molecule has 0 aliphatic heterocycles. The maximum atomic E-state index is 13.0. The Labute approximate surface area is 711 Å². The summed E-state index contributed by atoms with van der Waals surface area (Å²) < 4.78 is 115. The summed E-state index contributed by atoms with van der Waals surface area (Å²) in [6.07, 6.45) is -0.808. The minimum Gasteiger partial charge on any atom is -0.508 e. The number of ether oxygens (including phenoxy) is 21. The van der Waals surface area contributed by atoms with Crippen LogP contribution in [0.3, 0.4) is 0 Å². The number of rotatable bonds is 44. The number of aromatic nitrogens is 1. The van der Waals surface area contributed by atoms with Crippen molar-refractivity contribution in [1.29, 1.82) is 0 Å². The highest BCUT2D eigenvalue weighted by Crippen LogP contribution is 2.46. The van der Waals surface area contributed by atoms with E-state index >= 15 is 0 Å². The molecule has 8 aromatic carbocycles. The van der Waals surface area contributed by atoms with Crippen LogP contribution in [0, 0.1) is 30.3 Å². The number of carbonyl (C=O) groups is 7. The molecule has 43 heteroatoms. The van der Waals surface area contributed by atoms with E-state index in [0.29, 0.717) is 34.3 Å². The molecule has 4 N–H and O–H groups in total. The third kappa shape index (κ3) is 31.9. The molecule has 0 spiro atoms. The second kappa shape index (κ2) is 52.4. The fourth-order valence-corrected chi connectivity index (χ4v) is 9.98. The van der Waals surface area contributed by atoms with Crippen LogP contribution >= 0.6 is 0 Å². The van der Waals surface area contributed by atoms with Gasteiger partial charge in [-0.25, -0.2) is 9.59 Å². The van der Waals surface area contributed by atoms with Crippen molar-refractivity contribution in [3.63, 3.8) is 0 Å². The summed E-state index contributed by atoms with van der Waals surface area (Å²) in [5.74, 6) is -3.02. The number of Topliss-reactive ketones (excluding diaryl/α,β-unsaturated/α-hetero) is 5. The lowest BCUT2D eigenvalue weighted by atomic mass is 10.0. The number of benzene rings is 8. The van der Waals surface area contributed by atoms with Gasteiger partial charge < -0.3 is 124 Å². The number of nitro groups is 3. The van der Waals surface area contributed by atoms with E-state index in [1.165, 1.54) is 200 Å². The maximum Gasteiger partial charge on any atom is 0.375 e. The van der Waals surface area contributed by atoms with Crippen LogP contribution in [0.15, 0.2) is 144 Å². The zero-order valence-electron chi connectivity index (χ0n) is 69.4. The maximum absolute atomic E-state index is 13.0. The number of esters is 2. The predicted octanol–water partition coefficient (Wildman–Crippen LogP) is 13.4. The van der Waals surface area contributed by atoms with Gasteiger partial charge in [0.2, 0.25) is 5.78 Å². The van der Waals surface area contributed by atoms with E-state index in [-0.39, 0.29) is 193 Å². The van der Waals surface area contributed by atoms with Gasteiger partial charge in [-0.1, -0.05) is 5.16 Å². The van der Waals surface area contributed by atoms with Gasteiger partial charge >= 0.3 is 11.9 Å². The quantitative estimate of drug-likeness (QED) is 0.00524. The molecule has 0 amide bonds. The van der Waals surface area contributed by atoms with Gasteiger partial charge in [-0.15, -0.1) is 0 Å². The van der Waals surface area contributed by atoms with Crippen molar-refractivity contribution in [2.75, 3.05) is 124 Å². The lowest BCUT2D eigenvalue weighted by molar-refractivity contribution is -0.385. The predicted molar refractivity (Wildman–Crippen MR) is 430 cm³/mol. The summed E-state index contributed by atoms with van der Waals surface area (Å²) in [5.41, 5.74) is -0.139. The number of carbonyl (C=O) groups excluding carboxylic acids is 7. The summed E-state index contributed by atoms with van der Waals surface area (Å²) in [7, 11) is 11.6. The van der Waals surface area contributed by atoms with Crippen molar-refractivity contribution >= 4 is 57.9 Å². The highest BCUT2D eigenvalue weighted by Gasteiger charge is 2.30. The molecular weight excluding hydrogens is 1660 g/mol.